The van der Waals surface area contributed by atoms with Crippen molar-refractivity contribution >= 4 is 6.09 Å². The molecule has 0 aromatic carbocycles. The number of carbonyl (C=O) groups is 1. The minimum Gasteiger partial charge on any atom is -0.444 e. The van der Waals surface area contributed by atoms with E-state index in [2.05, 4.69) is 5.32 Å². The fourth-order valence-electron chi connectivity index (χ4n) is 5.34. The number of likely N-dealkylation sites (tertiary alicyclic amines) is 1. The number of amides is 1. The van der Waals surface area contributed by atoms with Crippen LogP contribution in [0.15, 0.2) is 0 Å². The molecular formula is C19H32N2O3. The molecule has 5 heteroatoms. The van der Waals surface area contributed by atoms with Gasteiger partial charge in [-0.1, -0.05) is 6.42 Å². The maximum atomic E-state index is 12.2. The molecule has 2 saturated carbocycles. The molecule has 24 heavy (non-hydrogen) atoms. The Morgan fingerprint density at radius 1 is 1.33 bits per heavy atom. The van der Waals surface area contributed by atoms with Crippen molar-refractivity contribution in [3.63, 3.8) is 0 Å². The summed E-state index contributed by atoms with van der Waals surface area (Å²) in [7, 11) is 0. The molecule has 0 aromatic heterocycles. The fourth-order valence-corrected chi connectivity index (χ4v) is 5.34. The number of carbonyl (C=O) groups excluding carboxylic acids is 1. The minimum atomic E-state index is -0.409. The average molecular weight is 336 g/mol. The van der Waals surface area contributed by atoms with Crippen LogP contribution >= 0.6 is 0 Å². The Labute approximate surface area is 145 Å². The number of ether oxygens (including phenoxy) is 2. The molecule has 4 atom stereocenters. The minimum absolute atomic E-state index is 0.159. The van der Waals surface area contributed by atoms with E-state index in [-0.39, 0.29) is 6.09 Å². The lowest BCUT2D eigenvalue weighted by molar-refractivity contribution is -0.176. The van der Waals surface area contributed by atoms with Crippen LogP contribution in [-0.4, -0.2) is 55.0 Å². The molecule has 0 bridgehead atoms. The van der Waals surface area contributed by atoms with Crippen molar-refractivity contribution < 1.29 is 14.3 Å². The Kier molecular flexibility index (Phi) is 4.07. The second kappa shape index (κ2) is 5.87. The summed E-state index contributed by atoms with van der Waals surface area (Å²) in [5.74, 6) is 1.28. The summed E-state index contributed by atoms with van der Waals surface area (Å²) >= 11 is 0. The second-order valence-electron chi connectivity index (χ2n) is 9.30. The predicted molar refractivity (Wildman–Crippen MR) is 91.8 cm³/mol. The second-order valence-corrected chi connectivity index (χ2v) is 9.30. The van der Waals surface area contributed by atoms with Gasteiger partial charge in [0.25, 0.3) is 0 Å². The van der Waals surface area contributed by atoms with Crippen molar-refractivity contribution in [1.82, 2.24) is 10.2 Å². The molecule has 4 rings (SSSR count). The number of rotatable bonds is 3. The summed E-state index contributed by atoms with van der Waals surface area (Å²) in [4.78, 5) is 14.1. The van der Waals surface area contributed by atoms with E-state index >= 15 is 0 Å². The molecule has 2 saturated heterocycles. The van der Waals surface area contributed by atoms with E-state index in [1.807, 2.05) is 25.7 Å². The van der Waals surface area contributed by atoms with Crippen LogP contribution in [0.4, 0.5) is 4.79 Å². The highest BCUT2D eigenvalue weighted by Gasteiger charge is 2.66. The number of nitrogens with zero attached hydrogens (tertiary/aromatic N) is 1. The van der Waals surface area contributed by atoms with Crippen molar-refractivity contribution in [3.05, 3.63) is 0 Å². The van der Waals surface area contributed by atoms with Gasteiger partial charge in [-0.2, -0.15) is 0 Å². The molecule has 0 radical (unpaired) electrons. The molecule has 1 amide bonds. The van der Waals surface area contributed by atoms with Gasteiger partial charge in [-0.25, -0.2) is 4.79 Å². The molecule has 2 aliphatic carbocycles. The van der Waals surface area contributed by atoms with E-state index in [1.54, 1.807) is 0 Å². The van der Waals surface area contributed by atoms with Crippen LogP contribution in [0.5, 0.6) is 0 Å². The van der Waals surface area contributed by atoms with Gasteiger partial charge < -0.3 is 19.7 Å². The van der Waals surface area contributed by atoms with Gasteiger partial charge in [0.05, 0.1) is 6.10 Å². The van der Waals surface area contributed by atoms with Gasteiger partial charge in [-0.15, -0.1) is 0 Å². The molecule has 1 N–H and O–H groups in total. The van der Waals surface area contributed by atoms with Crippen LogP contribution in [0, 0.1) is 17.3 Å². The molecule has 0 aromatic rings. The molecule has 2 unspecified atom stereocenters. The molecule has 4 fully saturated rings. The Hall–Kier alpha value is -0.810. The first kappa shape index (κ1) is 16.6. The van der Waals surface area contributed by atoms with Crippen molar-refractivity contribution in [2.24, 2.45) is 17.3 Å². The van der Waals surface area contributed by atoms with E-state index < -0.39 is 5.60 Å². The van der Waals surface area contributed by atoms with Gasteiger partial charge in [0, 0.05) is 43.6 Å². The van der Waals surface area contributed by atoms with Crippen LogP contribution in [-0.2, 0) is 9.47 Å². The third-order valence-electron chi connectivity index (χ3n) is 6.60. The van der Waals surface area contributed by atoms with E-state index in [1.165, 1.54) is 25.7 Å². The lowest BCUT2D eigenvalue weighted by Crippen LogP contribution is -2.71. The predicted octanol–water partition coefficient (Wildman–Crippen LogP) is 2.79. The van der Waals surface area contributed by atoms with E-state index in [9.17, 15) is 4.79 Å². The largest absolute Gasteiger partial charge is 0.444 e. The summed E-state index contributed by atoms with van der Waals surface area (Å²) in [5.41, 5.74) is 0.0397. The number of fused-ring (bicyclic) bond motifs is 2. The van der Waals surface area contributed by atoms with Gasteiger partial charge in [-0.05, 0) is 52.4 Å². The lowest BCUT2D eigenvalue weighted by atomic mass is 9.46. The molecule has 2 heterocycles. The zero-order chi connectivity index (χ0) is 16.9. The van der Waals surface area contributed by atoms with Crippen LogP contribution < -0.4 is 5.32 Å². The number of nitrogens with one attached hydrogen (secondary N) is 1. The van der Waals surface area contributed by atoms with Crippen molar-refractivity contribution in [1.29, 1.82) is 0 Å². The first-order valence-electron chi connectivity index (χ1n) is 9.72. The lowest BCUT2D eigenvalue weighted by Gasteiger charge is -2.63. The first-order valence-corrected chi connectivity index (χ1v) is 9.72. The SMILES string of the molecule is CC(C)(C)OC(=O)N1CCC(CNC2[C@@H]3CCO[C@@H]3C23CCC3)C1. The van der Waals surface area contributed by atoms with Crippen LogP contribution in [0.1, 0.15) is 52.9 Å². The molecular weight excluding hydrogens is 304 g/mol. The van der Waals surface area contributed by atoms with E-state index in [0.717, 1.165) is 38.6 Å². The zero-order valence-corrected chi connectivity index (χ0v) is 15.3. The Balaban J connectivity index is 1.26. The molecule has 136 valence electrons. The Morgan fingerprint density at radius 2 is 2.12 bits per heavy atom. The van der Waals surface area contributed by atoms with Gasteiger partial charge in [0.15, 0.2) is 0 Å². The summed E-state index contributed by atoms with van der Waals surface area (Å²) in [6.07, 6.45) is 6.70. The highest BCUT2D eigenvalue weighted by Crippen LogP contribution is 2.62. The zero-order valence-electron chi connectivity index (χ0n) is 15.3. The molecule has 5 nitrogen and oxygen atoms in total. The summed E-state index contributed by atoms with van der Waals surface area (Å²) < 4.78 is 11.5. The third kappa shape index (κ3) is 2.74. The molecule has 4 aliphatic rings. The number of hydrogen-bond acceptors (Lipinski definition) is 4. The van der Waals surface area contributed by atoms with Crippen LogP contribution in [0.2, 0.25) is 0 Å². The summed E-state index contributed by atoms with van der Waals surface area (Å²) in [5, 5.41) is 3.87. The Bertz CT molecular complexity index is 497. The average Bonchev–Trinajstić information content (AvgIpc) is 3.04. The van der Waals surface area contributed by atoms with Crippen molar-refractivity contribution in [3.8, 4) is 0 Å². The smallest absolute Gasteiger partial charge is 0.410 e. The van der Waals surface area contributed by atoms with Gasteiger partial charge in [-0.3, -0.25) is 0 Å². The topological polar surface area (TPSA) is 50.8 Å². The summed E-state index contributed by atoms with van der Waals surface area (Å²) in [6, 6.07) is 0.648. The van der Waals surface area contributed by atoms with Crippen molar-refractivity contribution in [2.75, 3.05) is 26.2 Å². The standard InChI is InChI=1S/C19H32N2O3/c1-18(2,3)24-17(22)21-9-5-13(12-21)11-20-15-14-6-10-23-16(14)19(15)7-4-8-19/h13-16,20H,4-12H2,1-3H3/t13?,14-,15?,16-/m0/s1. The number of hydrogen-bond donors (Lipinski definition) is 1. The molecule has 1 spiro atoms. The van der Waals surface area contributed by atoms with Crippen LogP contribution in [0.3, 0.4) is 0 Å². The highest BCUT2D eigenvalue weighted by molar-refractivity contribution is 5.68. The van der Waals surface area contributed by atoms with E-state index in [0.29, 0.717) is 23.5 Å². The normalized spacial score (nSPS) is 37.0. The third-order valence-corrected chi connectivity index (χ3v) is 6.60. The first-order chi connectivity index (χ1) is 11.4. The van der Waals surface area contributed by atoms with Crippen molar-refractivity contribution in [2.45, 2.75) is 70.6 Å². The van der Waals surface area contributed by atoms with Gasteiger partial charge in [0.1, 0.15) is 5.60 Å². The maximum absolute atomic E-state index is 12.2. The molecule has 2 aliphatic heterocycles. The quantitative estimate of drug-likeness (QED) is 0.861. The van der Waals surface area contributed by atoms with Gasteiger partial charge in [0.2, 0.25) is 0 Å². The fraction of sp³-hybridized carbons (Fsp3) is 0.947. The Morgan fingerprint density at radius 3 is 2.79 bits per heavy atom. The van der Waals surface area contributed by atoms with E-state index in [4.69, 9.17) is 9.47 Å². The summed E-state index contributed by atoms with van der Waals surface area (Å²) in [6.45, 7) is 9.40. The highest BCUT2D eigenvalue weighted by atomic mass is 16.6. The maximum Gasteiger partial charge on any atom is 0.410 e. The van der Waals surface area contributed by atoms with Gasteiger partial charge >= 0.3 is 6.09 Å². The monoisotopic (exact) mass is 336 g/mol. The van der Waals surface area contributed by atoms with Crippen LogP contribution in [0.25, 0.3) is 0 Å².